The van der Waals surface area contributed by atoms with Crippen LogP contribution in [0.5, 0.6) is 5.75 Å². The van der Waals surface area contributed by atoms with Crippen LogP contribution in [-0.4, -0.2) is 23.7 Å². The maximum atomic E-state index is 13.1. The molecule has 0 aliphatic rings. The van der Waals surface area contributed by atoms with Crippen LogP contribution in [0.4, 0.5) is 4.39 Å². The average molecular weight is 269 g/mol. The van der Waals surface area contributed by atoms with E-state index in [1.54, 1.807) is 6.92 Å². The molecule has 0 saturated heterocycles. The van der Waals surface area contributed by atoms with Crippen molar-refractivity contribution < 1.29 is 19.0 Å². The van der Waals surface area contributed by atoms with Gasteiger partial charge in [-0.1, -0.05) is 6.92 Å². The van der Waals surface area contributed by atoms with E-state index in [0.29, 0.717) is 5.56 Å². The van der Waals surface area contributed by atoms with Crippen molar-refractivity contribution in [2.45, 2.75) is 39.3 Å². The fraction of sp³-hybridized carbons (Fsp3) is 0.500. The Bertz CT molecular complexity index is 435. The molecular weight excluding hydrogens is 249 g/mol. The fourth-order valence-electron chi connectivity index (χ4n) is 1.54. The molecule has 1 amide bonds. The largest absolute Gasteiger partial charge is 0.483 e. The molecule has 0 saturated carbocycles. The first-order valence-corrected chi connectivity index (χ1v) is 6.33. The third-order valence-corrected chi connectivity index (χ3v) is 2.80. The predicted octanol–water partition coefficient (Wildman–Crippen LogP) is 2.17. The second kappa shape index (κ2) is 7.09. The van der Waals surface area contributed by atoms with Crippen molar-refractivity contribution in [2.75, 3.05) is 6.61 Å². The Kier molecular flexibility index (Phi) is 5.76. The van der Waals surface area contributed by atoms with Gasteiger partial charge in [-0.3, -0.25) is 4.79 Å². The molecule has 0 aliphatic heterocycles. The number of benzene rings is 1. The Labute approximate surface area is 112 Å². The molecule has 5 heteroatoms. The van der Waals surface area contributed by atoms with E-state index in [-0.39, 0.29) is 24.3 Å². The molecule has 1 aromatic rings. The molecule has 0 aromatic heterocycles. The highest BCUT2D eigenvalue weighted by Crippen LogP contribution is 2.25. The summed E-state index contributed by atoms with van der Waals surface area (Å²) in [6.45, 7) is 5.21. The summed E-state index contributed by atoms with van der Waals surface area (Å²) in [4.78, 5) is 11.6. The van der Waals surface area contributed by atoms with Gasteiger partial charge < -0.3 is 15.2 Å². The number of rotatable bonds is 6. The molecule has 19 heavy (non-hydrogen) atoms. The lowest BCUT2D eigenvalue weighted by molar-refractivity contribution is -0.123. The van der Waals surface area contributed by atoms with Crippen molar-refractivity contribution in [3.05, 3.63) is 29.6 Å². The smallest absolute Gasteiger partial charge is 0.258 e. The minimum atomic E-state index is -0.784. The molecule has 0 fully saturated rings. The highest BCUT2D eigenvalue weighted by molar-refractivity contribution is 5.77. The topological polar surface area (TPSA) is 58.6 Å². The van der Waals surface area contributed by atoms with E-state index in [1.165, 1.54) is 18.2 Å². The first-order valence-electron chi connectivity index (χ1n) is 6.33. The van der Waals surface area contributed by atoms with Gasteiger partial charge >= 0.3 is 0 Å². The molecule has 1 unspecified atom stereocenters. The summed E-state index contributed by atoms with van der Waals surface area (Å²) in [5.41, 5.74) is 0.456. The standard InChI is InChI=1S/C14H20FNO3/c1-4-9(2)16-14(18)8-19-13-7-11(15)5-6-12(13)10(3)17/h5-7,9-10,17H,4,8H2,1-3H3,(H,16,18)/t9?,10-/m1/s1. The van der Waals surface area contributed by atoms with Crippen LogP contribution < -0.4 is 10.1 Å². The Balaban J connectivity index is 2.66. The number of ether oxygens (including phenoxy) is 1. The Hall–Kier alpha value is -1.62. The van der Waals surface area contributed by atoms with Crippen LogP contribution in [0.25, 0.3) is 0 Å². The van der Waals surface area contributed by atoms with Gasteiger partial charge in [-0.05, 0) is 32.4 Å². The minimum Gasteiger partial charge on any atom is -0.483 e. The Morgan fingerprint density at radius 2 is 2.16 bits per heavy atom. The predicted molar refractivity (Wildman–Crippen MR) is 70.4 cm³/mol. The van der Waals surface area contributed by atoms with Gasteiger partial charge in [-0.15, -0.1) is 0 Å². The van der Waals surface area contributed by atoms with Crippen LogP contribution in [0.3, 0.4) is 0 Å². The van der Waals surface area contributed by atoms with E-state index in [2.05, 4.69) is 5.32 Å². The van der Waals surface area contributed by atoms with E-state index in [4.69, 9.17) is 4.74 Å². The molecular formula is C14H20FNO3. The zero-order valence-corrected chi connectivity index (χ0v) is 11.4. The van der Waals surface area contributed by atoms with Crippen molar-refractivity contribution in [2.24, 2.45) is 0 Å². The molecule has 0 spiro atoms. The van der Waals surface area contributed by atoms with E-state index in [0.717, 1.165) is 6.42 Å². The van der Waals surface area contributed by atoms with Gasteiger partial charge in [0.05, 0.1) is 6.10 Å². The van der Waals surface area contributed by atoms with Gasteiger partial charge in [-0.25, -0.2) is 4.39 Å². The molecule has 2 N–H and O–H groups in total. The number of halogens is 1. The molecule has 1 rings (SSSR count). The lowest BCUT2D eigenvalue weighted by Crippen LogP contribution is -2.35. The molecule has 1 aromatic carbocycles. The summed E-state index contributed by atoms with van der Waals surface area (Å²) < 4.78 is 18.4. The van der Waals surface area contributed by atoms with Crippen molar-refractivity contribution in [3.63, 3.8) is 0 Å². The van der Waals surface area contributed by atoms with Gasteiger partial charge in [-0.2, -0.15) is 0 Å². The highest BCUT2D eigenvalue weighted by atomic mass is 19.1. The van der Waals surface area contributed by atoms with Crippen LogP contribution in [0.2, 0.25) is 0 Å². The maximum Gasteiger partial charge on any atom is 0.258 e. The third-order valence-electron chi connectivity index (χ3n) is 2.80. The number of amides is 1. The summed E-state index contributed by atoms with van der Waals surface area (Å²) in [7, 11) is 0. The molecule has 106 valence electrons. The van der Waals surface area contributed by atoms with Crippen molar-refractivity contribution >= 4 is 5.91 Å². The molecule has 0 bridgehead atoms. The normalized spacial score (nSPS) is 13.7. The first-order chi connectivity index (χ1) is 8.93. The van der Waals surface area contributed by atoms with Crippen LogP contribution in [-0.2, 0) is 4.79 Å². The number of aliphatic hydroxyl groups is 1. The third kappa shape index (κ3) is 4.87. The van der Waals surface area contributed by atoms with Gasteiger partial charge in [0.2, 0.25) is 0 Å². The lowest BCUT2D eigenvalue weighted by Gasteiger charge is -2.15. The van der Waals surface area contributed by atoms with Gasteiger partial charge in [0.15, 0.2) is 6.61 Å². The Morgan fingerprint density at radius 3 is 2.74 bits per heavy atom. The average Bonchev–Trinajstić information content (AvgIpc) is 2.35. The monoisotopic (exact) mass is 269 g/mol. The second-order valence-corrected chi connectivity index (χ2v) is 4.52. The summed E-state index contributed by atoms with van der Waals surface area (Å²) in [5, 5.41) is 12.3. The second-order valence-electron chi connectivity index (χ2n) is 4.52. The summed E-state index contributed by atoms with van der Waals surface area (Å²) in [5.74, 6) is -0.550. The minimum absolute atomic E-state index is 0.0693. The van der Waals surface area contributed by atoms with Gasteiger partial charge in [0.25, 0.3) is 5.91 Å². The lowest BCUT2D eigenvalue weighted by atomic mass is 10.1. The van der Waals surface area contributed by atoms with E-state index >= 15 is 0 Å². The zero-order valence-electron chi connectivity index (χ0n) is 11.4. The molecule has 0 radical (unpaired) electrons. The zero-order chi connectivity index (χ0) is 14.4. The SMILES string of the molecule is CCC(C)NC(=O)COc1cc(F)ccc1[C@@H](C)O. The molecule has 0 aliphatic carbocycles. The van der Waals surface area contributed by atoms with E-state index < -0.39 is 11.9 Å². The highest BCUT2D eigenvalue weighted by Gasteiger charge is 2.12. The van der Waals surface area contributed by atoms with Gasteiger partial charge in [0, 0.05) is 17.7 Å². The number of aliphatic hydroxyl groups excluding tert-OH is 1. The van der Waals surface area contributed by atoms with Crippen LogP contribution >= 0.6 is 0 Å². The summed E-state index contributed by atoms with van der Waals surface area (Å²) in [6.07, 6.45) is 0.0400. The number of nitrogens with one attached hydrogen (secondary N) is 1. The van der Waals surface area contributed by atoms with Crippen LogP contribution in [0, 0.1) is 5.82 Å². The van der Waals surface area contributed by atoms with E-state index in [9.17, 15) is 14.3 Å². The van der Waals surface area contributed by atoms with Crippen LogP contribution in [0.1, 0.15) is 38.9 Å². The number of carbonyl (C=O) groups excluding carboxylic acids is 1. The van der Waals surface area contributed by atoms with E-state index in [1.807, 2.05) is 13.8 Å². The van der Waals surface area contributed by atoms with Crippen molar-refractivity contribution in [3.8, 4) is 5.75 Å². The quantitative estimate of drug-likeness (QED) is 0.832. The maximum absolute atomic E-state index is 13.1. The first kappa shape index (κ1) is 15.4. The fourth-order valence-corrected chi connectivity index (χ4v) is 1.54. The summed E-state index contributed by atoms with van der Waals surface area (Å²) in [6, 6.07) is 3.93. The van der Waals surface area contributed by atoms with Crippen molar-refractivity contribution in [1.29, 1.82) is 0 Å². The molecule has 0 heterocycles. The molecule has 4 nitrogen and oxygen atoms in total. The number of hydrogen-bond acceptors (Lipinski definition) is 3. The van der Waals surface area contributed by atoms with Gasteiger partial charge in [0.1, 0.15) is 11.6 Å². The van der Waals surface area contributed by atoms with Crippen LogP contribution in [0.15, 0.2) is 18.2 Å². The number of carbonyl (C=O) groups is 1. The number of hydrogen-bond donors (Lipinski definition) is 2. The summed E-state index contributed by atoms with van der Waals surface area (Å²) >= 11 is 0. The van der Waals surface area contributed by atoms with Crippen molar-refractivity contribution in [1.82, 2.24) is 5.32 Å². The molecule has 2 atom stereocenters. The Morgan fingerprint density at radius 1 is 1.47 bits per heavy atom.